The molecule has 1 aliphatic rings. The first-order valence-corrected chi connectivity index (χ1v) is 5.93. The second kappa shape index (κ2) is 4.65. The van der Waals surface area contributed by atoms with Gasteiger partial charge in [-0.05, 0) is 12.8 Å². The monoisotopic (exact) mass is 268 g/mol. The summed E-state index contributed by atoms with van der Waals surface area (Å²) in [6.07, 6.45) is 3.65. The predicted octanol–water partition coefficient (Wildman–Crippen LogP) is 1.94. The maximum Gasteiger partial charge on any atom is 0.184 e. The Kier molecular flexibility index (Phi) is 2.98. The topological polar surface area (TPSA) is 42.7 Å². The number of aromatic nitrogens is 3. The second-order valence-corrected chi connectivity index (χ2v) is 4.51. The highest BCUT2D eigenvalue weighted by molar-refractivity contribution is 5.35. The van der Waals surface area contributed by atoms with E-state index >= 15 is 0 Å². The Hall–Kier alpha value is -1.89. The first-order chi connectivity index (χ1) is 9.15. The van der Waals surface area contributed by atoms with E-state index in [1.54, 1.807) is 0 Å². The highest BCUT2D eigenvalue weighted by Crippen LogP contribution is 2.21. The third-order valence-corrected chi connectivity index (χ3v) is 2.97. The second-order valence-electron chi connectivity index (χ2n) is 4.51. The van der Waals surface area contributed by atoms with E-state index in [1.807, 2.05) is 0 Å². The number of rotatable bonds is 4. The zero-order valence-corrected chi connectivity index (χ0v) is 9.91. The largest absolute Gasteiger partial charge is 0.308 e. The Balaban J connectivity index is 1.94. The average Bonchev–Trinajstić information content (AvgIpc) is 3.09. The molecule has 7 heteroatoms. The van der Waals surface area contributed by atoms with E-state index in [0.717, 1.165) is 23.6 Å². The molecular weight excluding hydrogens is 257 g/mol. The van der Waals surface area contributed by atoms with Crippen molar-refractivity contribution in [2.24, 2.45) is 0 Å². The number of halogens is 3. The quantitative estimate of drug-likeness (QED) is 0.862. The molecule has 1 fully saturated rings. The Bertz CT molecular complexity index is 607. The van der Waals surface area contributed by atoms with E-state index in [4.69, 9.17) is 0 Å². The molecule has 1 saturated carbocycles. The number of hydrogen-bond acceptors (Lipinski definition) is 3. The summed E-state index contributed by atoms with van der Waals surface area (Å²) >= 11 is 0. The van der Waals surface area contributed by atoms with Gasteiger partial charge in [-0.1, -0.05) is 5.21 Å². The van der Waals surface area contributed by atoms with Gasteiger partial charge in [-0.2, -0.15) is 0 Å². The zero-order valence-electron chi connectivity index (χ0n) is 9.91. The van der Waals surface area contributed by atoms with E-state index in [0.29, 0.717) is 24.3 Å². The van der Waals surface area contributed by atoms with Gasteiger partial charge in [-0.3, -0.25) is 0 Å². The third kappa shape index (κ3) is 2.46. The van der Waals surface area contributed by atoms with Gasteiger partial charge in [0.1, 0.15) is 11.5 Å². The number of hydrogen-bond donors (Lipinski definition) is 1. The molecule has 0 saturated heterocycles. The lowest BCUT2D eigenvalue weighted by Gasteiger charge is -2.08. The van der Waals surface area contributed by atoms with Crippen LogP contribution in [0.5, 0.6) is 0 Å². The summed E-state index contributed by atoms with van der Waals surface area (Å²) in [5, 5.41) is 10.5. The van der Waals surface area contributed by atoms with Crippen LogP contribution in [0.25, 0.3) is 5.69 Å². The van der Waals surface area contributed by atoms with Crippen molar-refractivity contribution in [3.8, 4) is 5.69 Å². The molecule has 2 aromatic rings. The first kappa shape index (κ1) is 12.2. The fourth-order valence-corrected chi connectivity index (χ4v) is 1.81. The lowest BCUT2D eigenvalue weighted by atomic mass is 10.2. The highest BCUT2D eigenvalue weighted by atomic mass is 19.2. The molecule has 0 spiro atoms. The number of nitrogens with one attached hydrogen (secondary N) is 1. The average molecular weight is 268 g/mol. The maximum absolute atomic E-state index is 13.7. The minimum Gasteiger partial charge on any atom is -0.308 e. The van der Waals surface area contributed by atoms with Crippen LogP contribution in [0.3, 0.4) is 0 Å². The molecule has 1 aromatic heterocycles. The molecule has 0 unspecified atom stereocenters. The molecule has 0 amide bonds. The minimum atomic E-state index is -1.24. The summed E-state index contributed by atoms with van der Waals surface area (Å²) in [6.45, 7) is 0.426. The van der Waals surface area contributed by atoms with E-state index in [2.05, 4.69) is 15.6 Å². The highest BCUT2D eigenvalue weighted by Gasteiger charge is 2.22. The Labute approximate surface area is 107 Å². The van der Waals surface area contributed by atoms with Crippen LogP contribution < -0.4 is 5.32 Å². The number of benzene rings is 1. The zero-order chi connectivity index (χ0) is 13.4. The van der Waals surface area contributed by atoms with Crippen LogP contribution in [0.2, 0.25) is 0 Å². The normalized spacial score (nSPS) is 14.9. The van der Waals surface area contributed by atoms with Gasteiger partial charge in [0, 0.05) is 24.7 Å². The van der Waals surface area contributed by atoms with Crippen molar-refractivity contribution in [1.29, 1.82) is 0 Å². The fraction of sp³-hybridized carbons (Fsp3) is 0.333. The number of nitrogens with zero attached hydrogens (tertiary/aromatic N) is 3. The van der Waals surface area contributed by atoms with Gasteiger partial charge in [-0.15, -0.1) is 5.10 Å². The van der Waals surface area contributed by atoms with E-state index in [-0.39, 0.29) is 5.69 Å². The first-order valence-electron chi connectivity index (χ1n) is 5.93. The summed E-state index contributed by atoms with van der Waals surface area (Å²) in [7, 11) is 0. The summed E-state index contributed by atoms with van der Waals surface area (Å²) in [4.78, 5) is 0. The molecule has 100 valence electrons. The molecule has 3 rings (SSSR count). The molecular formula is C12H11F3N4. The van der Waals surface area contributed by atoms with Crippen molar-refractivity contribution in [3.63, 3.8) is 0 Å². The van der Waals surface area contributed by atoms with Gasteiger partial charge in [-0.25, -0.2) is 17.9 Å². The summed E-state index contributed by atoms with van der Waals surface area (Å²) in [6, 6.07) is 1.85. The molecule has 0 atom stereocenters. The summed E-state index contributed by atoms with van der Waals surface area (Å²) in [5.41, 5.74) is 0.276. The molecule has 1 aromatic carbocycles. The standard InChI is InChI=1S/C12H11F3N4/c13-7-3-10(14)12(15)11(4-7)19-9(6-17-18-19)5-16-8-1-2-8/h3-4,6,8,16H,1-2,5H2. The summed E-state index contributed by atoms with van der Waals surface area (Å²) in [5.74, 6) is -3.24. The van der Waals surface area contributed by atoms with E-state index < -0.39 is 17.5 Å². The minimum absolute atomic E-state index is 0.275. The van der Waals surface area contributed by atoms with Gasteiger partial charge in [0.05, 0.1) is 11.9 Å². The van der Waals surface area contributed by atoms with Crippen molar-refractivity contribution in [3.05, 3.63) is 41.5 Å². The van der Waals surface area contributed by atoms with Crippen LogP contribution in [0.1, 0.15) is 18.5 Å². The molecule has 4 nitrogen and oxygen atoms in total. The van der Waals surface area contributed by atoms with Crippen LogP contribution in [-0.4, -0.2) is 21.0 Å². The van der Waals surface area contributed by atoms with Crippen LogP contribution in [0.15, 0.2) is 18.3 Å². The fourth-order valence-electron chi connectivity index (χ4n) is 1.81. The van der Waals surface area contributed by atoms with Gasteiger partial charge >= 0.3 is 0 Å². The maximum atomic E-state index is 13.7. The van der Waals surface area contributed by atoms with Gasteiger partial charge in [0.25, 0.3) is 0 Å². The molecule has 1 aliphatic carbocycles. The van der Waals surface area contributed by atoms with E-state index in [1.165, 1.54) is 6.20 Å². The van der Waals surface area contributed by atoms with Crippen LogP contribution in [0.4, 0.5) is 13.2 Å². The Morgan fingerprint density at radius 2 is 2.05 bits per heavy atom. The lowest BCUT2D eigenvalue weighted by Crippen LogP contribution is -2.18. The Morgan fingerprint density at radius 3 is 2.79 bits per heavy atom. The van der Waals surface area contributed by atoms with Crippen molar-refractivity contribution in [2.75, 3.05) is 0 Å². The van der Waals surface area contributed by atoms with Gasteiger partial charge < -0.3 is 5.32 Å². The van der Waals surface area contributed by atoms with Crippen molar-refractivity contribution in [2.45, 2.75) is 25.4 Å². The predicted molar refractivity (Wildman–Crippen MR) is 61.1 cm³/mol. The Morgan fingerprint density at radius 1 is 1.26 bits per heavy atom. The molecule has 0 aliphatic heterocycles. The molecule has 19 heavy (non-hydrogen) atoms. The molecule has 1 N–H and O–H groups in total. The van der Waals surface area contributed by atoms with Crippen molar-refractivity contribution in [1.82, 2.24) is 20.3 Å². The van der Waals surface area contributed by atoms with Crippen LogP contribution in [0, 0.1) is 17.5 Å². The van der Waals surface area contributed by atoms with Gasteiger partial charge in [0.2, 0.25) is 0 Å². The summed E-state index contributed by atoms with van der Waals surface area (Å²) < 4.78 is 41.2. The van der Waals surface area contributed by atoms with Crippen LogP contribution >= 0.6 is 0 Å². The van der Waals surface area contributed by atoms with Crippen molar-refractivity contribution >= 4 is 0 Å². The van der Waals surface area contributed by atoms with E-state index in [9.17, 15) is 13.2 Å². The van der Waals surface area contributed by atoms with Crippen LogP contribution in [-0.2, 0) is 6.54 Å². The SMILES string of the molecule is Fc1cc(F)c(F)c(-n2nncc2CNC2CC2)c1. The lowest BCUT2D eigenvalue weighted by molar-refractivity contribution is 0.484. The van der Waals surface area contributed by atoms with Gasteiger partial charge in [0.15, 0.2) is 11.6 Å². The third-order valence-electron chi connectivity index (χ3n) is 2.97. The molecule has 1 heterocycles. The molecule has 0 radical (unpaired) electrons. The molecule has 0 bridgehead atoms. The van der Waals surface area contributed by atoms with Crippen molar-refractivity contribution < 1.29 is 13.2 Å². The smallest absolute Gasteiger partial charge is 0.184 e.